The molecule has 1 N–H and O–H groups in total. The highest BCUT2D eigenvalue weighted by Crippen LogP contribution is 2.49. The van der Waals surface area contributed by atoms with Crippen LogP contribution in [0.5, 0.6) is 11.5 Å². The molecule has 0 amide bonds. The van der Waals surface area contributed by atoms with E-state index < -0.39 is 17.7 Å². The second-order valence-electron chi connectivity index (χ2n) is 11.3. The van der Waals surface area contributed by atoms with Gasteiger partial charge < -0.3 is 33.9 Å². The van der Waals surface area contributed by atoms with E-state index in [0.717, 1.165) is 38.6 Å². The van der Waals surface area contributed by atoms with Crippen LogP contribution in [0.4, 0.5) is 10.7 Å². The fourth-order valence-corrected chi connectivity index (χ4v) is 8.39. The first-order chi connectivity index (χ1) is 21.4. The van der Waals surface area contributed by atoms with Crippen molar-refractivity contribution < 1.29 is 28.8 Å². The summed E-state index contributed by atoms with van der Waals surface area (Å²) in [7, 11) is 1.34. The number of nitrogens with zero attached hydrogens (tertiary/aromatic N) is 2. The summed E-state index contributed by atoms with van der Waals surface area (Å²) < 4.78 is 25.3. The van der Waals surface area contributed by atoms with Crippen molar-refractivity contribution in [2.45, 2.75) is 58.3 Å². The summed E-state index contributed by atoms with van der Waals surface area (Å²) in [5.74, 6) is 1.40. The first kappa shape index (κ1) is 33.5. The predicted molar refractivity (Wildman–Crippen MR) is 185 cm³/mol. The molecule has 1 aromatic heterocycles. The number of esters is 1. The van der Waals surface area contributed by atoms with Crippen LogP contribution in [0.1, 0.15) is 60.5 Å². The first-order valence-corrected chi connectivity index (χ1v) is 17.2. The highest BCUT2D eigenvalue weighted by molar-refractivity contribution is 9.11. The maximum Gasteiger partial charge on any atom is 0.351 e. The highest BCUT2D eigenvalue weighted by Gasteiger charge is 2.43. The van der Waals surface area contributed by atoms with E-state index in [1.54, 1.807) is 12.3 Å². The summed E-state index contributed by atoms with van der Waals surface area (Å²) in [6, 6.07) is 11.3. The molecule has 240 valence electrons. The number of aliphatic hydroxyl groups is 1. The van der Waals surface area contributed by atoms with Crippen molar-refractivity contribution in [3.05, 3.63) is 90.8 Å². The van der Waals surface area contributed by atoms with Crippen LogP contribution in [-0.4, -0.2) is 47.9 Å². The van der Waals surface area contributed by atoms with Gasteiger partial charge in [0.2, 0.25) is 5.88 Å². The Morgan fingerprint density at radius 1 is 1.27 bits per heavy atom. The highest BCUT2D eigenvalue weighted by atomic mass is 79.9. The van der Waals surface area contributed by atoms with Crippen LogP contribution in [0.3, 0.4) is 0 Å². The molecule has 2 aromatic carbocycles. The summed E-state index contributed by atoms with van der Waals surface area (Å²) in [4.78, 5) is 17.1. The summed E-state index contributed by atoms with van der Waals surface area (Å²) in [5.41, 5.74) is 1.93. The molecule has 12 heteroatoms. The number of hydrogen-bond donors (Lipinski definition) is 1. The van der Waals surface area contributed by atoms with Crippen LogP contribution >= 0.6 is 54.8 Å². The third-order valence-corrected chi connectivity index (χ3v) is 10.6. The number of aryl methyl sites for hydroxylation is 1. The third kappa shape index (κ3) is 6.68. The zero-order valence-electron chi connectivity index (χ0n) is 25.7. The van der Waals surface area contributed by atoms with Crippen LogP contribution in [0, 0.1) is 6.92 Å². The van der Waals surface area contributed by atoms with Gasteiger partial charge in [-0.1, -0.05) is 36.4 Å². The van der Waals surface area contributed by atoms with E-state index in [-0.39, 0.29) is 11.9 Å². The monoisotopic (exact) mass is 780 g/mol. The maximum atomic E-state index is 12.8. The topological polar surface area (TPSA) is 80.7 Å². The quantitative estimate of drug-likeness (QED) is 0.204. The predicted octanol–water partition coefficient (Wildman–Crippen LogP) is 9.82. The van der Waals surface area contributed by atoms with Crippen molar-refractivity contribution in [2.75, 3.05) is 25.1 Å². The third-order valence-electron chi connectivity index (χ3n) is 7.84. The number of carbonyl (C=O) groups excluding carboxylic acids is 1. The summed E-state index contributed by atoms with van der Waals surface area (Å²) in [6.07, 6.45) is 2.74. The lowest BCUT2D eigenvalue weighted by atomic mass is 10.0. The lowest BCUT2D eigenvalue weighted by Crippen LogP contribution is -2.48. The van der Waals surface area contributed by atoms with Gasteiger partial charge in [-0.3, -0.25) is 0 Å². The fraction of sp³-hybridized carbons (Fsp3) is 0.364. The molecule has 0 bridgehead atoms. The van der Waals surface area contributed by atoms with E-state index in [1.807, 2.05) is 62.9 Å². The van der Waals surface area contributed by atoms with Gasteiger partial charge in [0.05, 0.1) is 21.7 Å². The number of hydrogen-bond acceptors (Lipinski definition) is 9. The molecule has 3 heterocycles. The van der Waals surface area contributed by atoms with Crippen molar-refractivity contribution >= 4 is 71.5 Å². The molecule has 0 spiro atoms. The molecule has 1 atom stereocenters. The second-order valence-corrected chi connectivity index (χ2v) is 14.4. The number of methoxy groups -OCH3 is 1. The Hall–Kier alpha value is -2.86. The molecule has 1 saturated heterocycles. The minimum absolute atomic E-state index is 0.0450. The van der Waals surface area contributed by atoms with Gasteiger partial charge in [0.25, 0.3) is 0 Å². The lowest BCUT2D eigenvalue weighted by molar-refractivity contribution is -0.0927. The van der Waals surface area contributed by atoms with E-state index >= 15 is 0 Å². The Bertz CT molecular complexity index is 1650. The minimum atomic E-state index is -0.630. The molecule has 2 aliphatic rings. The van der Waals surface area contributed by atoms with Crippen LogP contribution in [0.2, 0.25) is 5.02 Å². The Labute approximate surface area is 289 Å². The van der Waals surface area contributed by atoms with Gasteiger partial charge in [0, 0.05) is 48.8 Å². The SMILES string of the molecule is C=CN(c1cc(O[C@H](C)c2ccccc2Cl)c(C(=O)OC)s1)c1c(C)cc(Br)c(OC2CCN(C3=C(O)C(C)(C)O3)CC2)c1Br. The van der Waals surface area contributed by atoms with Crippen molar-refractivity contribution in [1.29, 1.82) is 0 Å². The van der Waals surface area contributed by atoms with Gasteiger partial charge in [0.15, 0.2) is 16.2 Å². The summed E-state index contributed by atoms with van der Waals surface area (Å²) >= 11 is 15.2. The number of benzene rings is 2. The van der Waals surface area contributed by atoms with Gasteiger partial charge in [-0.2, -0.15) is 0 Å². The number of rotatable bonds is 10. The van der Waals surface area contributed by atoms with Gasteiger partial charge >= 0.3 is 5.97 Å². The lowest BCUT2D eigenvalue weighted by Gasteiger charge is -2.44. The second kappa shape index (κ2) is 13.5. The number of ether oxygens (including phenoxy) is 4. The summed E-state index contributed by atoms with van der Waals surface area (Å²) in [6.45, 7) is 13.1. The van der Waals surface area contributed by atoms with Gasteiger partial charge in [-0.05, 0) is 77.3 Å². The van der Waals surface area contributed by atoms with Crippen LogP contribution in [-0.2, 0) is 9.47 Å². The zero-order valence-corrected chi connectivity index (χ0v) is 30.4. The average molecular weight is 783 g/mol. The number of piperidine rings is 1. The van der Waals surface area contributed by atoms with Gasteiger partial charge in [-0.25, -0.2) is 4.79 Å². The molecule has 0 aliphatic carbocycles. The average Bonchev–Trinajstić information content (AvgIpc) is 3.43. The van der Waals surface area contributed by atoms with Crippen LogP contribution in [0.25, 0.3) is 0 Å². The Kier molecular flexibility index (Phi) is 10.0. The normalized spacial score (nSPS) is 16.8. The molecule has 0 saturated carbocycles. The van der Waals surface area contributed by atoms with Gasteiger partial charge in [0.1, 0.15) is 28.7 Å². The van der Waals surface area contributed by atoms with E-state index in [1.165, 1.54) is 18.4 Å². The number of halogens is 3. The van der Waals surface area contributed by atoms with Crippen LogP contribution < -0.4 is 14.4 Å². The number of aliphatic hydroxyl groups excluding tert-OH is 1. The maximum absolute atomic E-state index is 12.8. The molecule has 0 radical (unpaired) electrons. The molecule has 1 fully saturated rings. The standard InChI is InChI=1S/C33H35Br2ClN2O6S/c1-7-38(25-17-24(29(45-25)32(40)41-6)42-19(3)21-10-8-9-11-23(21)36)27-18(2)16-22(34)28(26(27)35)43-20-12-14-37(15-13-20)31-30(39)33(4,5)44-31/h7-11,16-17,19-20,39H,1,12-15H2,2-6H3/t19-/m1/s1. The largest absolute Gasteiger partial charge is 0.504 e. The van der Waals surface area contributed by atoms with Crippen LogP contribution in [0.15, 0.2) is 69.8 Å². The van der Waals surface area contributed by atoms with E-state index in [4.69, 9.17) is 30.5 Å². The molecule has 8 nitrogen and oxygen atoms in total. The van der Waals surface area contributed by atoms with E-state index in [0.29, 0.717) is 45.4 Å². The zero-order chi connectivity index (χ0) is 32.6. The Morgan fingerprint density at radius 2 is 1.96 bits per heavy atom. The summed E-state index contributed by atoms with van der Waals surface area (Å²) in [5, 5.41) is 11.7. The van der Waals surface area contributed by atoms with Crippen molar-refractivity contribution in [1.82, 2.24) is 4.90 Å². The molecule has 5 rings (SSSR count). The van der Waals surface area contributed by atoms with E-state index in [9.17, 15) is 9.90 Å². The van der Waals surface area contributed by atoms with Crippen molar-refractivity contribution in [3.8, 4) is 11.5 Å². The molecular formula is C33H35Br2ClN2O6S. The number of thiophene rings is 1. The van der Waals surface area contributed by atoms with E-state index in [2.05, 4.69) is 43.3 Å². The number of anilines is 2. The molecule has 2 aliphatic heterocycles. The van der Waals surface area contributed by atoms with Crippen molar-refractivity contribution in [3.63, 3.8) is 0 Å². The molecule has 45 heavy (non-hydrogen) atoms. The molecular weight excluding hydrogens is 748 g/mol. The number of carbonyl (C=O) groups is 1. The van der Waals surface area contributed by atoms with Gasteiger partial charge in [-0.15, -0.1) is 11.3 Å². The first-order valence-electron chi connectivity index (χ1n) is 14.4. The Balaban J connectivity index is 1.41. The number of likely N-dealkylation sites (tertiary alicyclic amines) is 1. The molecule has 0 unspecified atom stereocenters. The smallest absolute Gasteiger partial charge is 0.351 e. The van der Waals surface area contributed by atoms with Crippen molar-refractivity contribution in [2.24, 2.45) is 0 Å². The Morgan fingerprint density at radius 3 is 2.56 bits per heavy atom. The fourth-order valence-electron chi connectivity index (χ4n) is 5.37. The molecule has 3 aromatic rings. The minimum Gasteiger partial charge on any atom is -0.504 e.